The van der Waals surface area contributed by atoms with Crippen molar-refractivity contribution < 1.29 is 4.79 Å². The van der Waals surface area contributed by atoms with Gasteiger partial charge < -0.3 is 5.32 Å². The number of hydrogen-bond acceptors (Lipinski definition) is 2. The van der Waals surface area contributed by atoms with Gasteiger partial charge >= 0.3 is 0 Å². The molecule has 1 aromatic heterocycles. The van der Waals surface area contributed by atoms with Crippen LogP contribution in [-0.4, -0.2) is 16.4 Å². The molecule has 17 heavy (non-hydrogen) atoms. The molecule has 0 aliphatic heterocycles. The van der Waals surface area contributed by atoms with Gasteiger partial charge in [-0.25, -0.2) is 4.98 Å². The molecule has 0 radical (unpaired) electrons. The number of halogens is 1. The summed E-state index contributed by atoms with van der Waals surface area (Å²) in [4.78, 5) is 16.1. The largest absolute Gasteiger partial charge is 0.345 e. The molecule has 4 heteroatoms. The average molecular weight is 255 g/mol. The van der Waals surface area contributed by atoms with E-state index in [1.807, 2.05) is 0 Å². The third-order valence-corrected chi connectivity index (χ3v) is 3.57. The lowest BCUT2D eigenvalue weighted by Gasteiger charge is -2.31. The van der Waals surface area contributed by atoms with E-state index >= 15 is 0 Å². The minimum Gasteiger partial charge on any atom is -0.345 e. The monoisotopic (exact) mass is 254 g/mol. The number of amides is 1. The van der Waals surface area contributed by atoms with Crippen LogP contribution in [0.15, 0.2) is 18.2 Å². The highest BCUT2D eigenvalue weighted by molar-refractivity contribution is 6.29. The quantitative estimate of drug-likeness (QED) is 0.818. The van der Waals surface area contributed by atoms with Crippen molar-refractivity contribution in [3.8, 4) is 0 Å². The Hall–Kier alpha value is -1.09. The van der Waals surface area contributed by atoms with Gasteiger partial charge in [0.2, 0.25) is 0 Å². The van der Waals surface area contributed by atoms with Crippen molar-refractivity contribution in [2.45, 2.75) is 45.6 Å². The smallest absolute Gasteiger partial charge is 0.270 e. The zero-order valence-corrected chi connectivity index (χ0v) is 11.3. The number of aromatic nitrogens is 1. The summed E-state index contributed by atoms with van der Waals surface area (Å²) < 4.78 is 0. The fourth-order valence-electron chi connectivity index (χ4n) is 1.85. The first kappa shape index (κ1) is 14.0. The Bertz CT molecular complexity index is 380. The predicted octanol–water partition coefficient (Wildman–Crippen LogP) is 3.43. The van der Waals surface area contributed by atoms with Crippen LogP contribution in [0.3, 0.4) is 0 Å². The lowest BCUT2D eigenvalue weighted by atomic mass is 9.89. The van der Waals surface area contributed by atoms with Crippen LogP contribution in [0.4, 0.5) is 0 Å². The number of nitrogens with one attached hydrogen (secondary N) is 1. The summed E-state index contributed by atoms with van der Waals surface area (Å²) in [6.07, 6.45) is 2.73. The van der Waals surface area contributed by atoms with Crippen LogP contribution in [0.25, 0.3) is 0 Å². The highest BCUT2D eigenvalue weighted by Gasteiger charge is 2.26. The van der Waals surface area contributed by atoms with Gasteiger partial charge in [-0.2, -0.15) is 0 Å². The molecule has 0 atom stereocenters. The molecule has 0 aliphatic rings. The van der Waals surface area contributed by atoms with Crippen LogP contribution in [-0.2, 0) is 0 Å². The van der Waals surface area contributed by atoms with E-state index in [0.717, 1.165) is 19.3 Å². The molecule has 1 rings (SSSR count). The number of carbonyl (C=O) groups excluding carboxylic acids is 1. The second-order valence-corrected chi connectivity index (χ2v) is 4.53. The minimum atomic E-state index is -0.155. The van der Waals surface area contributed by atoms with Crippen LogP contribution in [0.5, 0.6) is 0 Å². The lowest BCUT2D eigenvalue weighted by molar-refractivity contribution is 0.0883. The summed E-state index contributed by atoms with van der Waals surface area (Å²) in [6, 6.07) is 5.06. The maximum atomic E-state index is 12.1. The molecule has 0 saturated heterocycles. The molecule has 0 bridgehead atoms. The molecule has 0 saturated carbocycles. The molecular weight excluding hydrogens is 236 g/mol. The SMILES string of the molecule is CCC(CC)(CC)NC(=O)c1cccc(Cl)n1. The standard InChI is InChI=1S/C13H19ClN2O/c1-4-13(5-2,6-3)16-12(17)10-8-7-9-11(14)15-10/h7-9H,4-6H2,1-3H3,(H,16,17). The van der Waals surface area contributed by atoms with Gasteiger partial charge in [0.05, 0.1) is 0 Å². The Morgan fingerprint density at radius 3 is 2.35 bits per heavy atom. The zero-order valence-electron chi connectivity index (χ0n) is 10.6. The van der Waals surface area contributed by atoms with E-state index in [0.29, 0.717) is 10.8 Å². The zero-order chi connectivity index (χ0) is 12.9. The van der Waals surface area contributed by atoms with E-state index in [1.54, 1.807) is 18.2 Å². The van der Waals surface area contributed by atoms with Gasteiger partial charge in [0, 0.05) is 5.54 Å². The summed E-state index contributed by atoms with van der Waals surface area (Å²) in [6.45, 7) is 6.25. The van der Waals surface area contributed by atoms with E-state index in [9.17, 15) is 4.79 Å². The van der Waals surface area contributed by atoms with E-state index in [-0.39, 0.29) is 11.4 Å². The van der Waals surface area contributed by atoms with Gasteiger partial charge in [0.25, 0.3) is 5.91 Å². The Morgan fingerprint density at radius 1 is 1.29 bits per heavy atom. The predicted molar refractivity (Wildman–Crippen MR) is 70.3 cm³/mol. The van der Waals surface area contributed by atoms with Gasteiger partial charge in [0.1, 0.15) is 10.8 Å². The van der Waals surface area contributed by atoms with Gasteiger partial charge in [0.15, 0.2) is 0 Å². The molecule has 94 valence electrons. The highest BCUT2D eigenvalue weighted by atomic mass is 35.5. The van der Waals surface area contributed by atoms with Gasteiger partial charge in [-0.15, -0.1) is 0 Å². The number of pyridine rings is 1. The van der Waals surface area contributed by atoms with E-state index < -0.39 is 0 Å². The first-order chi connectivity index (χ1) is 8.06. The van der Waals surface area contributed by atoms with Crippen molar-refractivity contribution in [3.63, 3.8) is 0 Å². The molecule has 0 spiro atoms. The molecule has 0 fully saturated rings. The van der Waals surface area contributed by atoms with Crippen LogP contribution in [0.1, 0.15) is 50.5 Å². The molecule has 0 aromatic carbocycles. The van der Waals surface area contributed by atoms with Crippen LogP contribution in [0.2, 0.25) is 5.15 Å². The fourth-order valence-corrected chi connectivity index (χ4v) is 2.02. The van der Waals surface area contributed by atoms with Crippen molar-refractivity contribution in [1.82, 2.24) is 10.3 Å². The number of rotatable bonds is 5. The molecular formula is C13H19ClN2O. The van der Waals surface area contributed by atoms with Crippen molar-refractivity contribution >= 4 is 17.5 Å². The summed E-state index contributed by atoms with van der Waals surface area (Å²) in [5, 5.41) is 3.40. The van der Waals surface area contributed by atoms with E-state index in [2.05, 4.69) is 31.1 Å². The van der Waals surface area contributed by atoms with Crippen molar-refractivity contribution in [2.75, 3.05) is 0 Å². The highest BCUT2D eigenvalue weighted by Crippen LogP contribution is 2.20. The molecule has 1 N–H and O–H groups in total. The van der Waals surface area contributed by atoms with Gasteiger partial charge in [-0.1, -0.05) is 38.4 Å². The molecule has 1 aromatic rings. The summed E-state index contributed by atoms with van der Waals surface area (Å²) in [5.41, 5.74) is 0.235. The lowest BCUT2D eigenvalue weighted by Crippen LogP contribution is -2.47. The van der Waals surface area contributed by atoms with Gasteiger partial charge in [-0.05, 0) is 31.4 Å². The van der Waals surface area contributed by atoms with Gasteiger partial charge in [-0.3, -0.25) is 4.79 Å². The molecule has 3 nitrogen and oxygen atoms in total. The molecule has 1 heterocycles. The summed E-state index contributed by atoms with van der Waals surface area (Å²) >= 11 is 5.77. The maximum Gasteiger partial charge on any atom is 0.270 e. The van der Waals surface area contributed by atoms with Crippen LogP contribution < -0.4 is 5.32 Å². The second-order valence-electron chi connectivity index (χ2n) is 4.14. The van der Waals surface area contributed by atoms with Crippen LogP contribution >= 0.6 is 11.6 Å². The second kappa shape index (κ2) is 6.01. The number of hydrogen-bond donors (Lipinski definition) is 1. The Balaban J connectivity index is 2.84. The molecule has 1 amide bonds. The van der Waals surface area contributed by atoms with Crippen molar-refractivity contribution in [2.24, 2.45) is 0 Å². The third kappa shape index (κ3) is 3.43. The Morgan fingerprint density at radius 2 is 1.88 bits per heavy atom. The Labute approximate surface area is 108 Å². The molecule has 0 unspecified atom stereocenters. The maximum absolute atomic E-state index is 12.1. The topological polar surface area (TPSA) is 42.0 Å². The normalized spacial score (nSPS) is 11.3. The summed E-state index contributed by atoms with van der Waals surface area (Å²) in [7, 11) is 0. The summed E-state index contributed by atoms with van der Waals surface area (Å²) in [5.74, 6) is -0.155. The number of carbonyl (C=O) groups is 1. The first-order valence-corrected chi connectivity index (χ1v) is 6.39. The molecule has 0 aliphatic carbocycles. The number of nitrogens with zero attached hydrogens (tertiary/aromatic N) is 1. The third-order valence-electron chi connectivity index (χ3n) is 3.36. The average Bonchev–Trinajstić information content (AvgIpc) is 2.36. The Kier molecular flexibility index (Phi) is 4.94. The van der Waals surface area contributed by atoms with E-state index in [4.69, 9.17) is 11.6 Å². The first-order valence-electron chi connectivity index (χ1n) is 6.02. The van der Waals surface area contributed by atoms with Crippen molar-refractivity contribution in [3.05, 3.63) is 29.0 Å². The van der Waals surface area contributed by atoms with Crippen molar-refractivity contribution in [1.29, 1.82) is 0 Å². The van der Waals surface area contributed by atoms with E-state index in [1.165, 1.54) is 0 Å². The minimum absolute atomic E-state index is 0.138. The van der Waals surface area contributed by atoms with Crippen LogP contribution in [0, 0.1) is 0 Å². The fraction of sp³-hybridized carbons (Fsp3) is 0.538.